The van der Waals surface area contributed by atoms with Gasteiger partial charge < -0.3 is 26.0 Å². The number of amides is 3. The molecule has 3 amide bonds. The van der Waals surface area contributed by atoms with Gasteiger partial charge in [-0.15, -0.1) is 0 Å². The van der Waals surface area contributed by atoms with E-state index in [2.05, 4.69) is 26.0 Å². The zero-order valence-electron chi connectivity index (χ0n) is 21.3. The van der Waals surface area contributed by atoms with Crippen molar-refractivity contribution >= 4 is 28.5 Å². The van der Waals surface area contributed by atoms with Gasteiger partial charge in [-0.1, -0.05) is 42.5 Å². The number of benzene rings is 3. The van der Waals surface area contributed by atoms with E-state index in [4.69, 9.17) is 0 Å². The lowest BCUT2D eigenvalue weighted by Gasteiger charge is -2.37. The maximum atomic E-state index is 14.7. The van der Waals surface area contributed by atoms with E-state index in [0.717, 1.165) is 23.4 Å². The van der Waals surface area contributed by atoms with E-state index in [-0.39, 0.29) is 38.3 Å². The minimum absolute atomic E-state index is 0.0819. The highest BCUT2D eigenvalue weighted by Crippen LogP contribution is 2.28. The summed E-state index contributed by atoms with van der Waals surface area (Å²) in [7, 11) is 0.950. The van der Waals surface area contributed by atoms with Gasteiger partial charge in [0.05, 0.1) is 19.1 Å². The van der Waals surface area contributed by atoms with Gasteiger partial charge in [0, 0.05) is 13.1 Å². The summed E-state index contributed by atoms with van der Waals surface area (Å²) >= 11 is 0. The fourth-order valence-electron chi connectivity index (χ4n) is 4.70. The normalized spacial score (nSPS) is 14.5. The summed E-state index contributed by atoms with van der Waals surface area (Å²) in [6.45, 7) is 1.00. The van der Waals surface area contributed by atoms with Crippen LogP contribution in [-0.2, 0) is 16.0 Å². The predicted octanol–water partition coefficient (Wildman–Crippen LogP) is 2.59. The molecule has 0 unspecified atom stereocenters. The Hall–Kier alpha value is -4.12. The molecule has 1 aliphatic rings. The molecule has 1 heterocycles. The molecule has 1 aliphatic heterocycles. The molecule has 0 radical (unpaired) electrons. The molecule has 8 nitrogen and oxygen atoms in total. The highest BCUT2D eigenvalue weighted by atomic mass is 19.2. The van der Waals surface area contributed by atoms with Crippen molar-refractivity contribution in [1.29, 1.82) is 0 Å². The van der Waals surface area contributed by atoms with E-state index in [0.29, 0.717) is 19.2 Å². The van der Waals surface area contributed by atoms with Crippen LogP contribution in [0, 0.1) is 17.5 Å². The second kappa shape index (κ2) is 12.2. The number of methoxy groups -OCH3 is 1. The van der Waals surface area contributed by atoms with Crippen LogP contribution >= 0.6 is 0 Å². The van der Waals surface area contributed by atoms with Crippen LogP contribution in [0.25, 0.3) is 10.8 Å². The first-order chi connectivity index (χ1) is 18.8. The Balaban J connectivity index is 1.37. The average molecular weight is 543 g/mol. The number of carbonyl (C=O) groups is 3. The van der Waals surface area contributed by atoms with Crippen LogP contribution in [0.5, 0.6) is 5.75 Å². The van der Waals surface area contributed by atoms with Crippen LogP contribution in [-0.4, -0.2) is 56.5 Å². The zero-order valence-corrected chi connectivity index (χ0v) is 21.3. The van der Waals surface area contributed by atoms with Crippen molar-refractivity contribution in [2.45, 2.75) is 24.8 Å². The quantitative estimate of drug-likeness (QED) is 0.246. The predicted molar refractivity (Wildman–Crippen MR) is 139 cm³/mol. The number of nitrogens with one attached hydrogen (secondary N) is 4. The molecular weight excluding hydrogens is 513 g/mol. The molecule has 4 N–H and O–H groups in total. The van der Waals surface area contributed by atoms with Gasteiger partial charge >= 0.3 is 0 Å². The van der Waals surface area contributed by atoms with Crippen molar-refractivity contribution < 1.29 is 32.3 Å². The highest BCUT2D eigenvalue weighted by molar-refractivity contribution is 6.00. The molecule has 0 bridgehead atoms. The van der Waals surface area contributed by atoms with Gasteiger partial charge in [0.2, 0.25) is 17.6 Å². The summed E-state index contributed by atoms with van der Waals surface area (Å²) in [4.78, 5) is 38.6. The molecule has 206 valence electrons. The van der Waals surface area contributed by atoms with Crippen molar-refractivity contribution in [2.24, 2.45) is 0 Å². The van der Waals surface area contributed by atoms with Gasteiger partial charge in [-0.25, -0.2) is 8.78 Å². The van der Waals surface area contributed by atoms with E-state index in [9.17, 15) is 27.6 Å². The maximum absolute atomic E-state index is 14.7. The number of rotatable bonds is 9. The summed E-state index contributed by atoms with van der Waals surface area (Å²) in [5.74, 6) is -7.23. The molecule has 3 aromatic carbocycles. The molecule has 1 saturated heterocycles. The van der Waals surface area contributed by atoms with E-state index in [1.807, 2.05) is 42.5 Å². The Morgan fingerprint density at radius 2 is 1.64 bits per heavy atom. The third-order valence-electron chi connectivity index (χ3n) is 6.77. The summed E-state index contributed by atoms with van der Waals surface area (Å²) < 4.78 is 47.0. The lowest BCUT2D eigenvalue weighted by molar-refractivity contribution is -0.128. The molecule has 4 rings (SSSR count). The molecule has 0 aliphatic carbocycles. The number of fused-ring (bicyclic) bond motifs is 1. The topological polar surface area (TPSA) is 109 Å². The van der Waals surface area contributed by atoms with E-state index in [1.54, 1.807) is 0 Å². The molecule has 0 spiro atoms. The minimum atomic E-state index is -1.55. The monoisotopic (exact) mass is 542 g/mol. The Morgan fingerprint density at radius 3 is 2.38 bits per heavy atom. The summed E-state index contributed by atoms with van der Waals surface area (Å²) in [6.07, 6.45) is 0.533. The lowest BCUT2D eigenvalue weighted by Crippen LogP contribution is -2.63. The van der Waals surface area contributed by atoms with Gasteiger partial charge in [-0.05, 0) is 48.3 Å². The number of piperidine rings is 1. The maximum Gasteiger partial charge on any atom is 0.255 e. The molecule has 39 heavy (non-hydrogen) atoms. The molecule has 3 aromatic rings. The average Bonchev–Trinajstić information content (AvgIpc) is 2.94. The van der Waals surface area contributed by atoms with Gasteiger partial charge in [-0.2, -0.15) is 4.39 Å². The third kappa shape index (κ3) is 6.14. The number of halogens is 3. The van der Waals surface area contributed by atoms with Gasteiger partial charge in [-0.3, -0.25) is 14.4 Å². The SMILES string of the molecule is COc1c(F)c(F)cc(C(=O)NC2(C(=O)NCCNC(=O)Cc3cccc4ccccc34)CCNCC2)c1F. The van der Waals surface area contributed by atoms with Crippen LogP contribution in [0.3, 0.4) is 0 Å². The van der Waals surface area contributed by atoms with Crippen molar-refractivity contribution in [1.82, 2.24) is 21.3 Å². The van der Waals surface area contributed by atoms with Crippen molar-refractivity contribution in [3.05, 3.63) is 77.1 Å². The highest BCUT2D eigenvalue weighted by Gasteiger charge is 2.41. The Morgan fingerprint density at radius 1 is 0.949 bits per heavy atom. The fourth-order valence-corrected chi connectivity index (χ4v) is 4.70. The van der Waals surface area contributed by atoms with Crippen LogP contribution < -0.4 is 26.0 Å². The number of carbonyl (C=O) groups excluding carboxylic acids is 3. The minimum Gasteiger partial charge on any atom is -0.491 e. The number of ether oxygens (including phenoxy) is 1. The van der Waals surface area contributed by atoms with Crippen LogP contribution in [0.15, 0.2) is 48.5 Å². The van der Waals surface area contributed by atoms with Crippen LogP contribution in [0.2, 0.25) is 0 Å². The summed E-state index contributed by atoms with van der Waals surface area (Å²) in [5, 5.41) is 13.1. The van der Waals surface area contributed by atoms with E-state index < -0.39 is 46.1 Å². The summed E-state index contributed by atoms with van der Waals surface area (Å²) in [5.41, 5.74) is -1.32. The van der Waals surface area contributed by atoms with E-state index in [1.165, 1.54) is 0 Å². The second-order valence-electron chi connectivity index (χ2n) is 9.27. The lowest BCUT2D eigenvalue weighted by atomic mass is 9.86. The van der Waals surface area contributed by atoms with Crippen LogP contribution in [0.1, 0.15) is 28.8 Å². The molecule has 11 heteroatoms. The second-order valence-corrected chi connectivity index (χ2v) is 9.27. The van der Waals surface area contributed by atoms with E-state index >= 15 is 0 Å². The van der Waals surface area contributed by atoms with Crippen molar-refractivity contribution in [2.75, 3.05) is 33.3 Å². The molecule has 1 fully saturated rings. The van der Waals surface area contributed by atoms with Gasteiger partial charge in [0.15, 0.2) is 17.4 Å². The first-order valence-electron chi connectivity index (χ1n) is 12.5. The molecule has 0 saturated carbocycles. The van der Waals surface area contributed by atoms with Crippen molar-refractivity contribution in [3.63, 3.8) is 0 Å². The first-order valence-corrected chi connectivity index (χ1v) is 12.5. The molecule has 0 atom stereocenters. The van der Waals surface area contributed by atoms with Gasteiger partial charge in [0.1, 0.15) is 5.54 Å². The Kier molecular flexibility index (Phi) is 8.70. The zero-order chi connectivity index (χ0) is 28.0. The number of hydrogen-bond donors (Lipinski definition) is 4. The Bertz CT molecular complexity index is 1390. The molecule has 0 aromatic heterocycles. The standard InChI is InChI=1S/C28H29F3N4O4/c1-39-25-23(30)20(16-21(29)24(25)31)26(37)35-28(9-11-32-12-10-28)27(38)34-14-13-33-22(36)15-18-7-4-6-17-5-2-3-8-19(17)18/h2-8,16,32H,9-15H2,1H3,(H,33,36)(H,34,38)(H,35,37). The van der Waals surface area contributed by atoms with Crippen LogP contribution in [0.4, 0.5) is 13.2 Å². The number of hydrogen-bond acceptors (Lipinski definition) is 5. The third-order valence-corrected chi connectivity index (χ3v) is 6.77. The fraction of sp³-hybridized carbons (Fsp3) is 0.321. The largest absolute Gasteiger partial charge is 0.491 e. The smallest absolute Gasteiger partial charge is 0.255 e. The van der Waals surface area contributed by atoms with Crippen molar-refractivity contribution in [3.8, 4) is 5.75 Å². The van der Waals surface area contributed by atoms with Gasteiger partial charge in [0.25, 0.3) is 5.91 Å². The Labute approximate surface area is 223 Å². The molecular formula is C28H29F3N4O4. The summed E-state index contributed by atoms with van der Waals surface area (Å²) in [6, 6.07) is 13.9. The first kappa shape index (κ1) is 27.9.